The van der Waals surface area contributed by atoms with Crippen LogP contribution >= 0.6 is 0 Å². The number of rotatable bonds is 10. The minimum absolute atomic E-state index is 0.0494. The smallest absolute Gasteiger partial charge is 0.224 e. The Hall–Kier alpha value is -1.59. The maximum absolute atomic E-state index is 11.7. The lowest BCUT2D eigenvalue weighted by Crippen LogP contribution is -2.12. The summed E-state index contributed by atoms with van der Waals surface area (Å²) in [6, 6.07) is 7.31. The molecule has 0 radical (unpaired) electrons. The molecule has 0 aliphatic heterocycles. The van der Waals surface area contributed by atoms with Gasteiger partial charge in [-0.1, -0.05) is 12.8 Å². The van der Waals surface area contributed by atoms with Crippen LogP contribution in [0.5, 0.6) is 5.75 Å². The van der Waals surface area contributed by atoms with Crippen molar-refractivity contribution >= 4 is 11.6 Å². The van der Waals surface area contributed by atoms with Crippen molar-refractivity contribution in [2.45, 2.75) is 32.1 Å². The quantitative estimate of drug-likeness (QED) is 0.570. The third-order valence-electron chi connectivity index (χ3n) is 2.88. The summed E-state index contributed by atoms with van der Waals surface area (Å²) in [7, 11) is 0. The Labute approximate surface area is 120 Å². The van der Waals surface area contributed by atoms with Gasteiger partial charge in [0.05, 0.1) is 0 Å². The summed E-state index contributed by atoms with van der Waals surface area (Å²) in [6.45, 7) is 1.71. The Kier molecular flexibility index (Phi) is 8.42. The first kappa shape index (κ1) is 16.5. The van der Waals surface area contributed by atoms with Gasteiger partial charge in [-0.15, -0.1) is 0 Å². The second-order valence-electron chi connectivity index (χ2n) is 4.66. The molecular formula is C15H25N3O2. The average molecular weight is 279 g/mol. The highest BCUT2D eigenvalue weighted by atomic mass is 16.5. The summed E-state index contributed by atoms with van der Waals surface area (Å²) in [6.07, 6.45) is 4.64. The van der Waals surface area contributed by atoms with E-state index in [9.17, 15) is 4.79 Å². The lowest BCUT2D eigenvalue weighted by molar-refractivity contribution is -0.116. The molecule has 5 N–H and O–H groups in total. The third-order valence-corrected chi connectivity index (χ3v) is 2.88. The molecule has 5 nitrogen and oxygen atoms in total. The van der Waals surface area contributed by atoms with E-state index >= 15 is 0 Å². The average Bonchev–Trinajstić information content (AvgIpc) is 2.46. The van der Waals surface area contributed by atoms with Crippen LogP contribution in [0.25, 0.3) is 0 Å². The number of amides is 1. The first-order valence-corrected chi connectivity index (χ1v) is 7.19. The number of ether oxygens (including phenoxy) is 1. The number of unbranched alkanes of at least 4 members (excludes halogenated alkanes) is 3. The third kappa shape index (κ3) is 7.11. The van der Waals surface area contributed by atoms with Crippen molar-refractivity contribution in [2.24, 2.45) is 11.5 Å². The largest absolute Gasteiger partial charge is 0.492 e. The van der Waals surface area contributed by atoms with Gasteiger partial charge in [0.25, 0.3) is 0 Å². The summed E-state index contributed by atoms with van der Waals surface area (Å²) < 4.78 is 5.37. The summed E-state index contributed by atoms with van der Waals surface area (Å²) in [5.41, 5.74) is 11.6. The van der Waals surface area contributed by atoms with Crippen LogP contribution in [0, 0.1) is 0 Å². The van der Waals surface area contributed by atoms with E-state index in [1.54, 1.807) is 0 Å². The normalized spacial score (nSPS) is 10.3. The van der Waals surface area contributed by atoms with Crippen molar-refractivity contribution in [2.75, 3.05) is 25.0 Å². The maximum Gasteiger partial charge on any atom is 0.224 e. The number of hydrogen-bond acceptors (Lipinski definition) is 4. The number of nitrogens with two attached hydrogens (primary N) is 2. The molecule has 0 bridgehead atoms. The van der Waals surface area contributed by atoms with Gasteiger partial charge in [-0.05, 0) is 43.7 Å². The highest BCUT2D eigenvalue weighted by Gasteiger charge is 2.02. The highest BCUT2D eigenvalue weighted by molar-refractivity contribution is 5.90. The van der Waals surface area contributed by atoms with Crippen molar-refractivity contribution in [1.82, 2.24) is 0 Å². The van der Waals surface area contributed by atoms with E-state index in [0.717, 1.165) is 43.7 Å². The molecule has 0 atom stereocenters. The summed E-state index contributed by atoms with van der Waals surface area (Å²) in [5.74, 6) is 0.809. The number of benzene rings is 1. The lowest BCUT2D eigenvalue weighted by Gasteiger charge is -2.07. The zero-order valence-corrected chi connectivity index (χ0v) is 11.9. The Morgan fingerprint density at radius 2 is 1.70 bits per heavy atom. The first-order chi connectivity index (χ1) is 9.76. The molecule has 0 saturated carbocycles. The van der Waals surface area contributed by atoms with Gasteiger partial charge in [-0.2, -0.15) is 0 Å². The van der Waals surface area contributed by atoms with Gasteiger partial charge in [-0.3, -0.25) is 4.79 Å². The van der Waals surface area contributed by atoms with Crippen LogP contribution in [0.4, 0.5) is 5.69 Å². The van der Waals surface area contributed by atoms with Gasteiger partial charge in [0.1, 0.15) is 12.4 Å². The molecule has 1 aromatic rings. The molecule has 1 aromatic carbocycles. The zero-order valence-electron chi connectivity index (χ0n) is 11.9. The Bertz CT molecular complexity index is 379. The molecule has 1 rings (SSSR count). The molecule has 5 heteroatoms. The zero-order chi connectivity index (χ0) is 14.6. The van der Waals surface area contributed by atoms with Gasteiger partial charge in [0.15, 0.2) is 0 Å². The first-order valence-electron chi connectivity index (χ1n) is 7.19. The SMILES string of the molecule is NCCCCCCC(=O)Nc1ccc(OCCN)cc1. The predicted molar refractivity (Wildman–Crippen MR) is 81.8 cm³/mol. The Morgan fingerprint density at radius 3 is 2.35 bits per heavy atom. The Balaban J connectivity index is 2.24. The molecule has 20 heavy (non-hydrogen) atoms. The fraction of sp³-hybridized carbons (Fsp3) is 0.533. The number of carbonyl (C=O) groups is 1. The van der Waals surface area contributed by atoms with Crippen LogP contribution in [0.15, 0.2) is 24.3 Å². The van der Waals surface area contributed by atoms with E-state index < -0.39 is 0 Å². The number of carbonyl (C=O) groups excluding carboxylic acids is 1. The second kappa shape index (κ2) is 10.2. The maximum atomic E-state index is 11.7. The predicted octanol–water partition coefficient (Wildman–Crippen LogP) is 1.87. The summed E-state index contributed by atoms with van der Waals surface area (Å²) in [5, 5.41) is 2.87. The molecule has 0 aromatic heterocycles. The molecule has 0 heterocycles. The molecule has 0 fully saturated rings. The van der Waals surface area contributed by atoms with Gasteiger partial charge in [0, 0.05) is 18.7 Å². The van der Waals surface area contributed by atoms with E-state index in [0.29, 0.717) is 19.6 Å². The fourth-order valence-electron chi connectivity index (χ4n) is 1.82. The van der Waals surface area contributed by atoms with Crippen molar-refractivity contribution in [3.63, 3.8) is 0 Å². The molecule has 0 aliphatic carbocycles. The molecule has 1 amide bonds. The van der Waals surface area contributed by atoms with E-state index in [1.165, 1.54) is 0 Å². The minimum Gasteiger partial charge on any atom is -0.492 e. The standard InChI is InChI=1S/C15H25N3O2/c16-10-4-2-1-3-5-15(19)18-13-6-8-14(9-7-13)20-12-11-17/h6-9H,1-5,10-12,16-17H2,(H,18,19). The van der Waals surface area contributed by atoms with Crippen LogP contribution in [0.3, 0.4) is 0 Å². The molecule has 0 saturated heterocycles. The van der Waals surface area contributed by atoms with Gasteiger partial charge < -0.3 is 21.5 Å². The van der Waals surface area contributed by atoms with Crippen molar-refractivity contribution in [1.29, 1.82) is 0 Å². The van der Waals surface area contributed by atoms with Crippen molar-refractivity contribution in [3.05, 3.63) is 24.3 Å². The van der Waals surface area contributed by atoms with Crippen LogP contribution in [-0.4, -0.2) is 25.6 Å². The van der Waals surface area contributed by atoms with Gasteiger partial charge >= 0.3 is 0 Å². The Morgan fingerprint density at radius 1 is 1.00 bits per heavy atom. The summed E-state index contributed by atoms with van der Waals surface area (Å²) in [4.78, 5) is 11.7. The molecule has 0 spiro atoms. The van der Waals surface area contributed by atoms with Crippen molar-refractivity contribution in [3.8, 4) is 5.75 Å². The molecular weight excluding hydrogens is 254 g/mol. The lowest BCUT2D eigenvalue weighted by atomic mass is 10.1. The monoisotopic (exact) mass is 279 g/mol. The second-order valence-corrected chi connectivity index (χ2v) is 4.66. The van der Waals surface area contributed by atoms with E-state index in [-0.39, 0.29) is 5.91 Å². The molecule has 0 aliphatic rings. The molecule has 0 unspecified atom stereocenters. The number of nitrogens with one attached hydrogen (secondary N) is 1. The van der Waals surface area contributed by atoms with Crippen LogP contribution in [0.2, 0.25) is 0 Å². The number of anilines is 1. The van der Waals surface area contributed by atoms with Crippen molar-refractivity contribution < 1.29 is 9.53 Å². The topological polar surface area (TPSA) is 90.4 Å². The highest BCUT2D eigenvalue weighted by Crippen LogP contribution is 2.16. The van der Waals surface area contributed by atoms with E-state index in [2.05, 4.69) is 5.32 Å². The van der Waals surface area contributed by atoms with Gasteiger partial charge in [-0.25, -0.2) is 0 Å². The van der Waals surface area contributed by atoms with Gasteiger partial charge in [0.2, 0.25) is 5.91 Å². The van der Waals surface area contributed by atoms with Crippen LogP contribution in [0.1, 0.15) is 32.1 Å². The minimum atomic E-state index is 0.0494. The van der Waals surface area contributed by atoms with E-state index in [1.807, 2.05) is 24.3 Å². The number of hydrogen-bond donors (Lipinski definition) is 3. The van der Waals surface area contributed by atoms with Crippen LogP contribution in [-0.2, 0) is 4.79 Å². The fourth-order valence-corrected chi connectivity index (χ4v) is 1.82. The van der Waals surface area contributed by atoms with E-state index in [4.69, 9.17) is 16.2 Å². The molecule has 112 valence electrons. The van der Waals surface area contributed by atoms with Crippen LogP contribution < -0.4 is 21.5 Å². The summed E-state index contributed by atoms with van der Waals surface area (Å²) >= 11 is 0.